The highest BCUT2D eigenvalue weighted by atomic mass is 35.5. The molecule has 0 saturated heterocycles. The Hall–Kier alpha value is -1.40. The van der Waals surface area contributed by atoms with Crippen molar-refractivity contribution in [3.63, 3.8) is 0 Å². The Morgan fingerprint density at radius 1 is 1.30 bits per heavy atom. The minimum absolute atomic E-state index is 0.124. The molecular formula is C13H17ClFN3O2. The highest BCUT2D eigenvalue weighted by molar-refractivity contribution is 6.31. The molecule has 7 heteroatoms. The monoisotopic (exact) mass is 301 g/mol. The number of nitro groups is 1. The first-order valence-corrected chi connectivity index (χ1v) is 6.96. The minimum Gasteiger partial charge on any atom is -0.377 e. The van der Waals surface area contributed by atoms with Crippen molar-refractivity contribution in [2.75, 3.05) is 12.4 Å². The van der Waals surface area contributed by atoms with E-state index >= 15 is 0 Å². The Bertz CT molecular complexity index is 505. The summed E-state index contributed by atoms with van der Waals surface area (Å²) in [7, 11) is 1.93. The van der Waals surface area contributed by atoms with E-state index in [1.807, 2.05) is 7.05 Å². The average Bonchev–Trinajstić information content (AvgIpc) is 2.43. The molecule has 0 aliphatic heterocycles. The van der Waals surface area contributed by atoms with Crippen molar-refractivity contribution in [3.8, 4) is 0 Å². The first kappa shape index (κ1) is 15.0. The molecule has 110 valence electrons. The van der Waals surface area contributed by atoms with Crippen molar-refractivity contribution in [2.45, 2.75) is 37.8 Å². The number of rotatable bonds is 4. The second kappa shape index (κ2) is 6.37. The molecule has 20 heavy (non-hydrogen) atoms. The molecule has 1 saturated carbocycles. The number of hydrogen-bond donors (Lipinski definition) is 2. The maximum absolute atomic E-state index is 13.5. The van der Waals surface area contributed by atoms with Gasteiger partial charge in [-0.25, -0.2) is 4.39 Å². The van der Waals surface area contributed by atoms with Crippen LogP contribution >= 0.6 is 11.6 Å². The summed E-state index contributed by atoms with van der Waals surface area (Å²) in [6, 6.07) is 2.77. The first-order valence-electron chi connectivity index (χ1n) is 6.58. The number of nitrogens with zero attached hydrogens (tertiary/aromatic N) is 1. The molecule has 0 unspecified atom stereocenters. The number of benzene rings is 1. The van der Waals surface area contributed by atoms with E-state index in [1.165, 1.54) is 0 Å². The number of halogens is 2. The third kappa shape index (κ3) is 3.37. The van der Waals surface area contributed by atoms with E-state index in [9.17, 15) is 14.5 Å². The van der Waals surface area contributed by atoms with Gasteiger partial charge in [-0.2, -0.15) is 0 Å². The molecule has 1 fully saturated rings. The largest absolute Gasteiger partial charge is 0.377 e. The zero-order valence-corrected chi connectivity index (χ0v) is 11.9. The molecule has 0 radical (unpaired) electrons. The zero-order valence-electron chi connectivity index (χ0n) is 11.2. The third-order valence-corrected chi connectivity index (χ3v) is 4.02. The van der Waals surface area contributed by atoms with E-state index < -0.39 is 10.7 Å². The van der Waals surface area contributed by atoms with E-state index in [4.69, 9.17) is 11.6 Å². The van der Waals surface area contributed by atoms with E-state index in [0.29, 0.717) is 6.04 Å². The van der Waals surface area contributed by atoms with Crippen LogP contribution in [0.15, 0.2) is 12.1 Å². The Morgan fingerprint density at radius 3 is 2.45 bits per heavy atom. The Labute approximate surface area is 121 Å². The van der Waals surface area contributed by atoms with Crippen LogP contribution in [0.5, 0.6) is 0 Å². The zero-order chi connectivity index (χ0) is 14.7. The van der Waals surface area contributed by atoms with Crippen molar-refractivity contribution >= 4 is 23.0 Å². The first-order chi connectivity index (χ1) is 9.51. The molecule has 1 aliphatic carbocycles. The molecule has 1 aromatic rings. The summed E-state index contributed by atoms with van der Waals surface area (Å²) < 4.78 is 13.5. The maximum atomic E-state index is 13.5. The second-order valence-corrected chi connectivity index (χ2v) is 5.43. The van der Waals surface area contributed by atoms with Crippen LogP contribution in [0.4, 0.5) is 15.8 Å². The SMILES string of the molecule is CNC1CCC(Nc2cc(F)c(Cl)cc2[N+](=O)[O-])CC1. The summed E-state index contributed by atoms with van der Waals surface area (Å²) in [5.74, 6) is -0.649. The van der Waals surface area contributed by atoms with Gasteiger partial charge in [-0.05, 0) is 32.7 Å². The van der Waals surface area contributed by atoms with Crippen LogP contribution in [0, 0.1) is 15.9 Å². The highest BCUT2D eigenvalue weighted by Gasteiger charge is 2.24. The van der Waals surface area contributed by atoms with Gasteiger partial charge >= 0.3 is 0 Å². The van der Waals surface area contributed by atoms with Crippen molar-refractivity contribution in [3.05, 3.63) is 33.1 Å². The van der Waals surface area contributed by atoms with Gasteiger partial charge in [0.25, 0.3) is 5.69 Å². The minimum atomic E-state index is -0.649. The van der Waals surface area contributed by atoms with Gasteiger partial charge in [-0.3, -0.25) is 10.1 Å². The molecule has 0 spiro atoms. The predicted octanol–water partition coefficient (Wildman–Crippen LogP) is 3.33. The van der Waals surface area contributed by atoms with E-state index in [1.54, 1.807) is 0 Å². The van der Waals surface area contributed by atoms with Gasteiger partial charge < -0.3 is 10.6 Å². The van der Waals surface area contributed by atoms with Crippen LogP contribution in [-0.4, -0.2) is 24.1 Å². The molecule has 5 nitrogen and oxygen atoms in total. The molecule has 0 aromatic heterocycles. The lowest BCUT2D eigenvalue weighted by atomic mass is 9.91. The number of anilines is 1. The highest BCUT2D eigenvalue weighted by Crippen LogP contribution is 2.32. The van der Waals surface area contributed by atoms with Gasteiger partial charge in [0.15, 0.2) is 0 Å². The average molecular weight is 302 g/mol. The van der Waals surface area contributed by atoms with E-state index in [2.05, 4.69) is 10.6 Å². The fourth-order valence-electron chi connectivity index (χ4n) is 2.55. The number of hydrogen-bond acceptors (Lipinski definition) is 4. The fourth-order valence-corrected chi connectivity index (χ4v) is 2.71. The molecule has 0 atom stereocenters. The molecule has 0 amide bonds. The lowest BCUT2D eigenvalue weighted by molar-refractivity contribution is -0.384. The van der Waals surface area contributed by atoms with Crippen LogP contribution in [0.1, 0.15) is 25.7 Å². The van der Waals surface area contributed by atoms with Crippen molar-refractivity contribution in [1.29, 1.82) is 0 Å². The third-order valence-electron chi connectivity index (χ3n) is 3.73. The fraction of sp³-hybridized carbons (Fsp3) is 0.538. The van der Waals surface area contributed by atoms with E-state index in [-0.39, 0.29) is 22.4 Å². The summed E-state index contributed by atoms with van der Waals surface area (Å²) in [6.07, 6.45) is 3.79. The molecular weight excluding hydrogens is 285 g/mol. The number of nitro benzene ring substituents is 1. The van der Waals surface area contributed by atoms with Gasteiger partial charge in [0.05, 0.1) is 9.95 Å². The molecule has 0 bridgehead atoms. The lowest BCUT2D eigenvalue weighted by Gasteiger charge is -2.29. The van der Waals surface area contributed by atoms with Crippen LogP contribution in [0.3, 0.4) is 0 Å². The van der Waals surface area contributed by atoms with Crippen LogP contribution in [-0.2, 0) is 0 Å². The Kier molecular flexibility index (Phi) is 4.77. The predicted molar refractivity (Wildman–Crippen MR) is 76.8 cm³/mol. The van der Waals surface area contributed by atoms with Gasteiger partial charge in [-0.15, -0.1) is 0 Å². The number of nitrogens with one attached hydrogen (secondary N) is 2. The van der Waals surface area contributed by atoms with Crippen molar-refractivity contribution < 1.29 is 9.31 Å². The quantitative estimate of drug-likeness (QED) is 0.661. The lowest BCUT2D eigenvalue weighted by Crippen LogP contribution is -2.35. The topological polar surface area (TPSA) is 67.2 Å². The normalized spacial score (nSPS) is 22.6. The van der Waals surface area contributed by atoms with Gasteiger partial charge in [0, 0.05) is 24.2 Å². The summed E-state index contributed by atoms with van der Waals surface area (Å²) >= 11 is 5.60. The second-order valence-electron chi connectivity index (χ2n) is 5.02. The molecule has 2 rings (SSSR count). The summed E-state index contributed by atoms with van der Waals surface area (Å²) in [5.41, 5.74) is 0.0111. The summed E-state index contributed by atoms with van der Waals surface area (Å²) in [5, 5.41) is 17.1. The molecule has 1 aromatic carbocycles. The standard InChI is InChI=1S/C13H17ClFN3O2/c1-16-8-2-4-9(5-3-8)17-12-7-11(15)10(14)6-13(12)18(19)20/h6-9,16-17H,2-5H2,1H3. The van der Waals surface area contributed by atoms with Gasteiger partial charge in [-0.1, -0.05) is 11.6 Å². The Balaban J connectivity index is 2.13. The maximum Gasteiger partial charge on any atom is 0.294 e. The van der Waals surface area contributed by atoms with Crippen LogP contribution in [0.25, 0.3) is 0 Å². The molecule has 2 N–H and O–H groups in total. The Morgan fingerprint density at radius 2 is 1.90 bits per heavy atom. The van der Waals surface area contributed by atoms with Crippen molar-refractivity contribution in [2.24, 2.45) is 0 Å². The van der Waals surface area contributed by atoms with Crippen molar-refractivity contribution in [1.82, 2.24) is 5.32 Å². The molecule has 1 aliphatic rings. The van der Waals surface area contributed by atoms with Crippen LogP contribution in [0.2, 0.25) is 5.02 Å². The van der Waals surface area contributed by atoms with E-state index in [0.717, 1.165) is 37.8 Å². The smallest absolute Gasteiger partial charge is 0.294 e. The van der Waals surface area contributed by atoms with Crippen LogP contribution < -0.4 is 10.6 Å². The summed E-state index contributed by atoms with van der Waals surface area (Å²) in [6.45, 7) is 0. The van der Waals surface area contributed by atoms with Gasteiger partial charge in [0.2, 0.25) is 0 Å². The summed E-state index contributed by atoms with van der Waals surface area (Å²) in [4.78, 5) is 10.5. The molecule has 0 heterocycles. The van der Waals surface area contributed by atoms with Gasteiger partial charge in [0.1, 0.15) is 11.5 Å².